The van der Waals surface area contributed by atoms with Crippen LogP contribution in [0.4, 0.5) is 5.69 Å². The van der Waals surface area contributed by atoms with Crippen molar-refractivity contribution in [2.75, 3.05) is 25.1 Å². The van der Waals surface area contributed by atoms with Gasteiger partial charge in [0.1, 0.15) is 0 Å². The molecule has 0 radical (unpaired) electrons. The highest BCUT2D eigenvalue weighted by Gasteiger charge is 2.15. The van der Waals surface area contributed by atoms with Gasteiger partial charge in [0, 0.05) is 12.6 Å². The van der Waals surface area contributed by atoms with Crippen LogP contribution in [0.5, 0.6) is 0 Å². The summed E-state index contributed by atoms with van der Waals surface area (Å²) in [7, 11) is 0. The molecule has 1 rings (SSSR count). The Morgan fingerprint density at radius 2 is 2.00 bits per heavy atom. The molecule has 5 nitrogen and oxygen atoms in total. The largest absolute Gasteiger partial charge is 0.348 e. The zero-order valence-corrected chi connectivity index (χ0v) is 12.9. The Morgan fingerprint density at radius 1 is 1.35 bits per heavy atom. The average molecular weight is 278 g/mol. The van der Waals surface area contributed by atoms with Crippen LogP contribution in [-0.4, -0.2) is 36.5 Å². The Labute approximate surface area is 121 Å². The van der Waals surface area contributed by atoms with Crippen LogP contribution in [0.25, 0.3) is 0 Å². The molecule has 0 bridgehead atoms. The highest BCUT2D eigenvalue weighted by Crippen LogP contribution is 2.16. The molecule has 4 N–H and O–H groups in total. The molecule has 0 aromatic heterocycles. The molecule has 1 atom stereocenters. The van der Waals surface area contributed by atoms with Gasteiger partial charge in [-0.05, 0) is 39.1 Å². The van der Waals surface area contributed by atoms with Crippen molar-refractivity contribution in [1.82, 2.24) is 10.2 Å². The van der Waals surface area contributed by atoms with Crippen LogP contribution in [0, 0.1) is 6.92 Å². The van der Waals surface area contributed by atoms with Crippen molar-refractivity contribution >= 4 is 11.6 Å². The van der Waals surface area contributed by atoms with Crippen LogP contribution in [-0.2, 0) is 0 Å². The van der Waals surface area contributed by atoms with Gasteiger partial charge in [0.25, 0.3) is 5.91 Å². The third-order valence-corrected chi connectivity index (χ3v) is 3.38. The first-order valence-electron chi connectivity index (χ1n) is 7.12. The van der Waals surface area contributed by atoms with Crippen molar-refractivity contribution in [3.8, 4) is 0 Å². The smallest absolute Gasteiger partial charge is 0.253 e. The highest BCUT2D eigenvalue weighted by atomic mass is 16.1. The lowest BCUT2D eigenvalue weighted by Gasteiger charge is -2.23. The van der Waals surface area contributed by atoms with E-state index in [1.807, 2.05) is 32.0 Å². The summed E-state index contributed by atoms with van der Waals surface area (Å²) in [6.07, 6.45) is 0. The number of carbonyl (C=O) groups excluding carboxylic acids is 1. The maximum atomic E-state index is 12.3. The molecule has 112 valence electrons. The van der Waals surface area contributed by atoms with E-state index in [1.165, 1.54) is 0 Å². The van der Waals surface area contributed by atoms with E-state index in [1.54, 1.807) is 0 Å². The van der Waals surface area contributed by atoms with E-state index >= 15 is 0 Å². The summed E-state index contributed by atoms with van der Waals surface area (Å²) >= 11 is 0. The number of hydrogen-bond donors (Lipinski definition) is 3. The maximum absolute atomic E-state index is 12.3. The molecule has 0 aliphatic heterocycles. The van der Waals surface area contributed by atoms with Gasteiger partial charge in [0.2, 0.25) is 0 Å². The minimum Gasteiger partial charge on any atom is -0.348 e. The second kappa shape index (κ2) is 7.87. The second-order valence-corrected chi connectivity index (χ2v) is 5.05. The van der Waals surface area contributed by atoms with Crippen LogP contribution in [0.15, 0.2) is 18.2 Å². The van der Waals surface area contributed by atoms with Crippen molar-refractivity contribution < 1.29 is 4.79 Å². The summed E-state index contributed by atoms with van der Waals surface area (Å²) in [5.41, 5.74) is 4.83. The van der Waals surface area contributed by atoms with Gasteiger partial charge in [-0.25, -0.2) is 0 Å². The third kappa shape index (κ3) is 4.51. The van der Waals surface area contributed by atoms with Gasteiger partial charge in [-0.3, -0.25) is 10.6 Å². The van der Waals surface area contributed by atoms with Crippen molar-refractivity contribution in [2.24, 2.45) is 5.84 Å². The molecule has 20 heavy (non-hydrogen) atoms. The predicted octanol–water partition coefficient (Wildman–Crippen LogP) is 1.74. The van der Waals surface area contributed by atoms with Gasteiger partial charge < -0.3 is 15.6 Å². The van der Waals surface area contributed by atoms with Gasteiger partial charge in [-0.2, -0.15) is 0 Å². The molecule has 0 fully saturated rings. The van der Waals surface area contributed by atoms with Crippen LogP contribution in [0.2, 0.25) is 0 Å². The first-order valence-corrected chi connectivity index (χ1v) is 7.12. The molecular weight excluding hydrogens is 252 g/mol. The third-order valence-electron chi connectivity index (χ3n) is 3.38. The zero-order valence-electron chi connectivity index (χ0n) is 12.9. The van der Waals surface area contributed by atoms with Crippen molar-refractivity contribution in [3.05, 3.63) is 29.3 Å². The number of nitrogens with zero attached hydrogens (tertiary/aromatic N) is 1. The SMILES string of the molecule is CCN(CC)CC(C)NC(=O)c1cc(C)ccc1NN. The Balaban J connectivity index is 2.73. The summed E-state index contributed by atoms with van der Waals surface area (Å²) < 4.78 is 0. The first kappa shape index (κ1) is 16.5. The number of likely N-dealkylation sites (N-methyl/N-ethyl adjacent to an activating group) is 1. The molecule has 1 aromatic carbocycles. The Morgan fingerprint density at radius 3 is 2.55 bits per heavy atom. The molecule has 5 heteroatoms. The predicted molar refractivity (Wildman–Crippen MR) is 83.7 cm³/mol. The van der Waals surface area contributed by atoms with E-state index in [4.69, 9.17) is 5.84 Å². The first-order chi connectivity index (χ1) is 9.51. The lowest BCUT2D eigenvalue weighted by atomic mass is 10.1. The fraction of sp³-hybridized carbons (Fsp3) is 0.533. The van der Waals surface area contributed by atoms with Crippen LogP contribution in [0.3, 0.4) is 0 Å². The van der Waals surface area contributed by atoms with E-state index in [0.29, 0.717) is 11.3 Å². The Bertz CT molecular complexity index is 443. The molecule has 1 amide bonds. The minimum absolute atomic E-state index is 0.0912. The van der Waals surface area contributed by atoms with Crippen molar-refractivity contribution in [3.63, 3.8) is 0 Å². The van der Waals surface area contributed by atoms with E-state index in [2.05, 4.69) is 29.5 Å². The number of nitrogens with two attached hydrogens (primary N) is 1. The fourth-order valence-corrected chi connectivity index (χ4v) is 2.19. The lowest BCUT2D eigenvalue weighted by molar-refractivity contribution is 0.0931. The average Bonchev–Trinajstić information content (AvgIpc) is 2.44. The monoisotopic (exact) mass is 278 g/mol. The van der Waals surface area contributed by atoms with Gasteiger partial charge >= 0.3 is 0 Å². The summed E-state index contributed by atoms with van der Waals surface area (Å²) in [6.45, 7) is 11.0. The van der Waals surface area contributed by atoms with Gasteiger partial charge in [0.05, 0.1) is 11.3 Å². The van der Waals surface area contributed by atoms with Crippen molar-refractivity contribution in [2.45, 2.75) is 33.7 Å². The summed E-state index contributed by atoms with van der Waals surface area (Å²) in [4.78, 5) is 14.6. The Hall–Kier alpha value is -1.59. The topological polar surface area (TPSA) is 70.4 Å². The lowest BCUT2D eigenvalue weighted by Crippen LogP contribution is -2.42. The van der Waals surface area contributed by atoms with E-state index in [0.717, 1.165) is 25.2 Å². The molecule has 0 spiro atoms. The number of rotatable bonds is 7. The number of amides is 1. The zero-order chi connectivity index (χ0) is 15.1. The number of hydrazine groups is 1. The molecule has 1 aromatic rings. The number of nitrogens with one attached hydrogen (secondary N) is 2. The molecule has 0 heterocycles. The number of aryl methyl sites for hydroxylation is 1. The van der Waals surface area contributed by atoms with Gasteiger partial charge in [0.15, 0.2) is 0 Å². The maximum Gasteiger partial charge on any atom is 0.253 e. The molecular formula is C15H26N4O. The second-order valence-electron chi connectivity index (χ2n) is 5.05. The van der Waals surface area contributed by atoms with Crippen LogP contribution >= 0.6 is 0 Å². The van der Waals surface area contributed by atoms with Crippen molar-refractivity contribution in [1.29, 1.82) is 0 Å². The van der Waals surface area contributed by atoms with Gasteiger partial charge in [-0.15, -0.1) is 0 Å². The summed E-state index contributed by atoms with van der Waals surface area (Å²) in [5, 5.41) is 3.02. The van der Waals surface area contributed by atoms with Crippen LogP contribution < -0.4 is 16.6 Å². The number of carbonyl (C=O) groups is 1. The summed E-state index contributed by atoms with van der Waals surface area (Å²) in [6, 6.07) is 5.67. The standard InChI is InChI=1S/C15H26N4O/c1-5-19(6-2)10-12(4)17-15(20)13-9-11(3)7-8-14(13)18-16/h7-9,12,18H,5-6,10,16H2,1-4H3,(H,17,20). The Kier molecular flexibility index (Phi) is 6.48. The molecule has 1 unspecified atom stereocenters. The van der Waals surface area contributed by atoms with E-state index < -0.39 is 0 Å². The fourth-order valence-electron chi connectivity index (χ4n) is 2.19. The normalized spacial score (nSPS) is 12.3. The quantitative estimate of drug-likeness (QED) is 0.525. The van der Waals surface area contributed by atoms with E-state index in [-0.39, 0.29) is 11.9 Å². The van der Waals surface area contributed by atoms with Crippen LogP contribution in [0.1, 0.15) is 36.7 Å². The molecule has 0 aliphatic rings. The van der Waals surface area contributed by atoms with Gasteiger partial charge in [-0.1, -0.05) is 25.5 Å². The molecule has 0 saturated heterocycles. The number of benzene rings is 1. The summed E-state index contributed by atoms with van der Waals surface area (Å²) in [5.74, 6) is 5.36. The highest BCUT2D eigenvalue weighted by molar-refractivity contribution is 5.99. The number of hydrogen-bond acceptors (Lipinski definition) is 4. The minimum atomic E-state index is -0.0960. The molecule has 0 saturated carbocycles. The molecule has 0 aliphatic carbocycles. The number of nitrogen functional groups attached to an aromatic ring is 1. The number of anilines is 1. The van der Waals surface area contributed by atoms with E-state index in [9.17, 15) is 4.79 Å².